The van der Waals surface area contributed by atoms with Gasteiger partial charge in [-0.15, -0.1) is 0 Å². The molecule has 2 aromatic carbocycles. The van der Waals surface area contributed by atoms with Crippen LogP contribution >= 0.6 is 23.2 Å². The Morgan fingerprint density at radius 3 is 2.22 bits per heavy atom. The van der Waals surface area contributed by atoms with Crippen molar-refractivity contribution in [3.8, 4) is 0 Å². The molecular weight excluding hydrogens is 430 g/mol. The lowest BCUT2D eigenvalue weighted by atomic mass is 10.1. The maximum absolute atomic E-state index is 12.7. The van der Waals surface area contributed by atoms with Crippen LogP contribution in [0.2, 0.25) is 10.0 Å². The lowest BCUT2D eigenvalue weighted by Gasteiger charge is -2.14. The molecule has 2 rings (SSSR count). The number of alkyl halides is 3. The highest BCUT2D eigenvalue weighted by molar-refractivity contribution is 7.90. The van der Waals surface area contributed by atoms with E-state index in [0.717, 1.165) is 12.1 Å². The van der Waals surface area contributed by atoms with Crippen LogP contribution in [-0.4, -0.2) is 21.4 Å². The van der Waals surface area contributed by atoms with Gasteiger partial charge in [-0.05, 0) is 36.4 Å². The van der Waals surface area contributed by atoms with E-state index in [2.05, 4.69) is 10.0 Å². The lowest BCUT2D eigenvalue weighted by Crippen LogP contribution is -2.27. The summed E-state index contributed by atoms with van der Waals surface area (Å²) in [7, 11) is -2.75. The summed E-state index contributed by atoms with van der Waals surface area (Å²) in [6.45, 7) is 0. The maximum Gasteiger partial charge on any atom is 0.416 e. The summed E-state index contributed by atoms with van der Waals surface area (Å²) in [4.78, 5) is 12.5. The number of anilines is 2. The minimum Gasteiger partial charge on any atom is -0.321 e. The van der Waals surface area contributed by atoms with Crippen LogP contribution in [0.1, 0.15) is 15.9 Å². The quantitative estimate of drug-likeness (QED) is 0.651. The monoisotopic (exact) mass is 441 g/mol. The highest BCUT2D eigenvalue weighted by Gasteiger charge is 2.31. The summed E-state index contributed by atoms with van der Waals surface area (Å²) in [6, 6.07) is 6.23. The normalized spacial score (nSPS) is 11.9. The van der Waals surface area contributed by atoms with E-state index < -0.39 is 27.9 Å². The van der Waals surface area contributed by atoms with E-state index in [4.69, 9.17) is 23.2 Å². The number of carbonyl (C=O) groups excluding carboxylic acids is 1. The Bertz CT molecular complexity index is 982. The number of amides is 1. The van der Waals surface area contributed by atoms with Gasteiger partial charge in [0.25, 0.3) is 16.1 Å². The van der Waals surface area contributed by atoms with E-state index in [9.17, 15) is 26.4 Å². The molecule has 0 bridgehead atoms. The van der Waals surface area contributed by atoms with Crippen molar-refractivity contribution in [2.45, 2.75) is 6.18 Å². The van der Waals surface area contributed by atoms with Crippen LogP contribution in [0.5, 0.6) is 0 Å². The highest BCUT2D eigenvalue weighted by Crippen LogP contribution is 2.34. The third kappa shape index (κ3) is 5.48. The number of rotatable bonds is 5. The summed E-state index contributed by atoms with van der Waals surface area (Å²) in [6.07, 6.45) is -4.59. The zero-order chi connectivity index (χ0) is 20.4. The first kappa shape index (κ1) is 21.3. The molecule has 0 saturated heterocycles. The van der Waals surface area contributed by atoms with Gasteiger partial charge in [-0.2, -0.15) is 21.6 Å². The molecule has 0 atom stereocenters. The van der Waals surface area contributed by atoms with Gasteiger partial charge in [-0.1, -0.05) is 23.2 Å². The molecule has 0 fully saturated rings. The average molecular weight is 442 g/mol. The van der Waals surface area contributed by atoms with Crippen molar-refractivity contribution >= 4 is 50.7 Å². The van der Waals surface area contributed by atoms with Gasteiger partial charge in [0.2, 0.25) is 0 Å². The van der Waals surface area contributed by atoms with Crippen molar-refractivity contribution in [1.29, 1.82) is 0 Å². The third-order valence-corrected chi connectivity index (χ3v) is 4.86. The van der Waals surface area contributed by atoms with E-state index in [1.165, 1.54) is 25.2 Å². The second-order valence-electron chi connectivity index (χ2n) is 5.15. The van der Waals surface area contributed by atoms with Crippen LogP contribution in [0.4, 0.5) is 24.5 Å². The minimum atomic E-state index is -4.59. The first-order valence-electron chi connectivity index (χ1n) is 7.12. The van der Waals surface area contributed by atoms with Crippen molar-refractivity contribution in [2.75, 3.05) is 17.1 Å². The van der Waals surface area contributed by atoms with Gasteiger partial charge in [-0.25, -0.2) is 4.72 Å². The Labute approximate surface area is 162 Å². The fraction of sp³-hybridized carbons (Fsp3) is 0.133. The van der Waals surface area contributed by atoms with E-state index in [-0.39, 0.29) is 27.0 Å². The third-order valence-electron chi connectivity index (χ3n) is 3.28. The van der Waals surface area contributed by atoms with Crippen molar-refractivity contribution in [1.82, 2.24) is 4.72 Å². The molecule has 0 aliphatic rings. The first-order valence-corrected chi connectivity index (χ1v) is 9.36. The maximum atomic E-state index is 12.7. The molecule has 0 saturated carbocycles. The van der Waals surface area contributed by atoms with Gasteiger partial charge >= 0.3 is 6.18 Å². The van der Waals surface area contributed by atoms with Gasteiger partial charge in [0.05, 0.1) is 27.5 Å². The number of benzene rings is 2. The highest BCUT2D eigenvalue weighted by atomic mass is 35.5. The molecule has 1 amide bonds. The predicted molar refractivity (Wildman–Crippen MR) is 97.5 cm³/mol. The van der Waals surface area contributed by atoms with Crippen molar-refractivity contribution < 1.29 is 26.4 Å². The van der Waals surface area contributed by atoms with Gasteiger partial charge in [0.1, 0.15) is 0 Å². The van der Waals surface area contributed by atoms with Crippen molar-refractivity contribution in [3.63, 3.8) is 0 Å². The van der Waals surface area contributed by atoms with Gasteiger partial charge in [0.15, 0.2) is 0 Å². The zero-order valence-corrected chi connectivity index (χ0v) is 15.8. The van der Waals surface area contributed by atoms with Crippen LogP contribution in [0, 0.1) is 0 Å². The average Bonchev–Trinajstić information content (AvgIpc) is 2.57. The molecule has 0 heterocycles. The predicted octanol–water partition coefficient (Wildman–Crippen LogP) is 4.14. The van der Waals surface area contributed by atoms with Crippen LogP contribution in [0.25, 0.3) is 0 Å². The number of nitrogens with one attached hydrogen (secondary N) is 3. The fourth-order valence-electron chi connectivity index (χ4n) is 1.97. The van der Waals surface area contributed by atoms with Crippen LogP contribution < -0.4 is 14.8 Å². The molecule has 12 heteroatoms. The van der Waals surface area contributed by atoms with Crippen LogP contribution in [0.15, 0.2) is 36.4 Å². The number of hydrogen-bond acceptors (Lipinski definition) is 3. The molecule has 3 N–H and O–H groups in total. The van der Waals surface area contributed by atoms with Crippen molar-refractivity contribution in [3.05, 3.63) is 57.6 Å². The second kappa shape index (κ2) is 7.93. The minimum absolute atomic E-state index is 0.0861. The molecule has 0 unspecified atom stereocenters. The molecule has 0 radical (unpaired) electrons. The lowest BCUT2D eigenvalue weighted by molar-refractivity contribution is -0.137. The zero-order valence-electron chi connectivity index (χ0n) is 13.5. The second-order valence-corrected chi connectivity index (χ2v) is 7.61. The summed E-state index contributed by atoms with van der Waals surface area (Å²) in [5.41, 5.74) is -1.31. The standard InChI is InChI=1S/C15H12Cl2F3N3O3S/c1-21-27(25,26)23-12-5-3-9(16)7-10(12)14(24)22-13-4-2-8(6-11(13)17)15(18,19)20/h2-7,21,23H,1H3,(H,22,24). The Morgan fingerprint density at radius 1 is 1.04 bits per heavy atom. The summed E-state index contributed by atoms with van der Waals surface area (Å²) >= 11 is 11.7. The molecule has 0 aromatic heterocycles. The number of hydrogen-bond donors (Lipinski definition) is 3. The largest absolute Gasteiger partial charge is 0.416 e. The van der Waals surface area contributed by atoms with Gasteiger partial charge in [0, 0.05) is 12.1 Å². The fourth-order valence-corrected chi connectivity index (χ4v) is 2.94. The molecular formula is C15H12Cl2F3N3O3S. The van der Waals surface area contributed by atoms with Crippen molar-refractivity contribution in [2.24, 2.45) is 0 Å². The molecule has 2 aromatic rings. The molecule has 146 valence electrons. The summed E-state index contributed by atoms with van der Waals surface area (Å²) in [5.74, 6) is -0.826. The molecule has 0 aliphatic carbocycles. The van der Waals surface area contributed by atoms with E-state index in [1.54, 1.807) is 0 Å². The number of halogens is 5. The summed E-state index contributed by atoms with van der Waals surface area (Å²) in [5, 5.41) is 2.13. The Hall–Kier alpha value is -2.01. The first-order chi connectivity index (χ1) is 12.4. The van der Waals surface area contributed by atoms with E-state index in [1.807, 2.05) is 4.72 Å². The Kier molecular flexibility index (Phi) is 6.25. The van der Waals surface area contributed by atoms with Gasteiger partial charge in [-0.3, -0.25) is 9.52 Å². The van der Waals surface area contributed by atoms with Crippen LogP contribution in [-0.2, 0) is 16.4 Å². The molecule has 0 spiro atoms. The Morgan fingerprint density at radius 2 is 1.67 bits per heavy atom. The van der Waals surface area contributed by atoms with Crippen LogP contribution in [0.3, 0.4) is 0 Å². The van der Waals surface area contributed by atoms with E-state index >= 15 is 0 Å². The number of carbonyl (C=O) groups is 1. The SMILES string of the molecule is CNS(=O)(=O)Nc1ccc(Cl)cc1C(=O)Nc1ccc(C(F)(F)F)cc1Cl. The van der Waals surface area contributed by atoms with Gasteiger partial charge < -0.3 is 5.32 Å². The summed E-state index contributed by atoms with van der Waals surface area (Å²) < 4.78 is 65.5. The molecule has 27 heavy (non-hydrogen) atoms. The topological polar surface area (TPSA) is 87.3 Å². The smallest absolute Gasteiger partial charge is 0.321 e. The Balaban J connectivity index is 2.35. The van der Waals surface area contributed by atoms with E-state index in [0.29, 0.717) is 6.07 Å². The molecule has 0 aliphatic heterocycles. The molecule has 6 nitrogen and oxygen atoms in total.